The second-order valence-electron chi connectivity index (χ2n) is 5.88. The Hall–Kier alpha value is -2.33. The van der Waals surface area contributed by atoms with Crippen LogP contribution in [0.4, 0.5) is 5.69 Å². The molecule has 1 N–H and O–H groups in total. The van der Waals surface area contributed by atoms with Gasteiger partial charge in [-0.15, -0.1) is 0 Å². The van der Waals surface area contributed by atoms with E-state index in [1.54, 1.807) is 4.90 Å². The fraction of sp³-hybridized carbons (Fsp3) is 0.300. The Morgan fingerprint density at radius 2 is 1.84 bits per heavy atom. The van der Waals surface area contributed by atoms with Crippen molar-refractivity contribution in [3.8, 4) is 0 Å². The highest BCUT2D eigenvalue weighted by Crippen LogP contribution is 2.16. The maximum absolute atomic E-state index is 12.4. The van der Waals surface area contributed by atoms with Gasteiger partial charge in [0, 0.05) is 23.8 Å². The highest BCUT2D eigenvalue weighted by atomic mass is 35.5. The van der Waals surface area contributed by atoms with Gasteiger partial charge in [0.25, 0.3) is 0 Å². The normalized spacial score (nSPS) is 10.4. The maximum atomic E-state index is 12.4. The Morgan fingerprint density at radius 1 is 1.12 bits per heavy atom. The summed E-state index contributed by atoms with van der Waals surface area (Å²) in [5.41, 5.74) is 2.99. The molecular weight excluding hydrogens is 336 g/mol. The van der Waals surface area contributed by atoms with Gasteiger partial charge in [0.15, 0.2) is 0 Å². The van der Waals surface area contributed by atoms with E-state index < -0.39 is 0 Å². The quantitative estimate of drug-likeness (QED) is 0.766. The number of aryl methyl sites for hydroxylation is 1. The highest BCUT2D eigenvalue weighted by Gasteiger charge is 2.17. The van der Waals surface area contributed by atoms with Crippen LogP contribution < -0.4 is 10.2 Å². The third kappa shape index (κ3) is 5.91. The van der Waals surface area contributed by atoms with Crippen LogP contribution in [0.1, 0.15) is 24.5 Å². The predicted molar refractivity (Wildman–Crippen MR) is 102 cm³/mol. The van der Waals surface area contributed by atoms with Crippen molar-refractivity contribution in [2.75, 3.05) is 18.0 Å². The first-order valence-corrected chi connectivity index (χ1v) is 8.75. The first-order valence-electron chi connectivity index (χ1n) is 8.37. The van der Waals surface area contributed by atoms with Crippen molar-refractivity contribution in [3.05, 3.63) is 64.7 Å². The topological polar surface area (TPSA) is 49.4 Å². The standard InChI is InChI=1S/C20H23ClN2O2/c1-3-23(18-6-4-5-15(2)13-18)20(25)14-19(24)22-12-11-16-7-9-17(21)10-8-16/h4-10,13H,3,11-12,14H2,1-2H3,(H,22,24). The molecule has 0 bridgehead atoms. The average molecular weight is 359 g/mol. The molecular formula is C20H23ClN2O2. The first kappa shape index (κ1) is 19.0. The van der Waals surface area contributed by atoms with Gasteiger partial charge in [0.2, 0.25) is 11.8 Å². The van der Waals surface area contributed by atoms with Crippen LogP contribution >= 0.6 is 11.6 Å². The summed E-state index contributed by atoms with van der Waals surface area (Å²) in [7, 11) is 0. The van der Waals surface area contributed by atoms with Crippen molar-refractivity contribution in [1.82, 2.24) is 5.32 Å². The molecule has 0 spiro atoms. The van der Waals surface area contributed by atoms with Crippen molar-refractivity contribution in [3.63, 3.8) is 0 Å². The molecule has 2 amide bonds. The number of rotatable bonds is 7. The summed E-state index contributed by atoms with van der Waals surface area (Å²) in [6.45, 7) is 4.90. The van der Waals surface area contributed by atoms with Crippen LogP contribution in [0.25, 0.3) is 0 Å². The van der Waals surface area contributed by atoms with E-state index in [4.69, 9.17) is 11.6 Å². The fourth-order valence-electron chi connectivity index (χ4n) is 2.59. The molecule has 0 saturated heterocycles. The number of carbonyl (C=O) groups excluding carboxylic acids is 2. The van der Waals surface area contributed by atoms with Crippen LogP contribution in [-0.4, -0.2) is 24.9 Å². The number of amides is 2. The average Bonchev–Trinajstić information content (AvgIpc) is 2.57. The molecule has 2 aromatic rings. The molecule has 0 aliphatic rings. The van der Waals surface area contributed by atoms with E-state index in [0.29, 0.717) is 24.5 Å². The van der Waals surface area contributed by atoms with Crippen molar-refractivity contribution in [2.45, 2.75) is 26.7 Å². The summed E-state index contributed by atoms with van der Waals surface area (Å²) in [6, 6.07) is 15.2. The Bertz CT molecular complexity index is 729. The van der Waals surface area contributed by atoms with Crippen LogP contribution in [0.2, 0.25) is 5.02 Å². The highest BCUT2D eigenvalue weighted by molar-refractivity contribution is 6.30. The zero-order valence-corrected chi connectivity index (χ0v) is 15.3. The molecule has 5 heteroatoms. The number of carbonyl (C=O) groups is 2. The molecule has 0 aliphatic carbocycles. The van der Waals surface area contributed by atoms with E-state index in [1.807, 2.05) is 62.4 Å². The smallest absolute Gasteiger partial charge is 0.236 e. The number of anilines is 1. The summed E-state index contributed by atoms with van der Waals surface area (Å²) >= 11 is 5.85. The van der Waals surface area contributed by atoms with Crippen LogP contribution in [-0.2, 0) is 16.0 Å². The first-order chi connectivity index (χ1) is 12.0. The second-order valence-corrected chi connectivity index (χ2v) is 6.32. The number of halogens is 1. The van der Waals surface area contributed by atoms with E-state index in [9.17, 15) is 9.59 Å². The molecule has 25 heavy (non-hydrogen) atoms. The molecule has 0 atom stereocenters. The van der Waals surface area contributed by atoms with E-state index in [0.717, 1.165) is 16.8 Å². The summed E-state index contributed by atoms with van der Waals surface area (Å²) in [6.07, 6.45) is 0.550. The molecule has 0 heterocycles. The van der Waals surface area contributed by atoms with Gasteiger partial charge in [-0.1, -0.05) is 35.9 Å². The van der Waals surface area contributed by atoms with Crippen LogP contribution in [0.5, 0.6) is 0 Å². The van der Waals surface area contributed by atoms with Crippen molar-refractivity contribution < 1.29 is 9.59 Å². The zero-order valence-electron chi connectivity index (χ0n) is 14.6. The monoisotopic (exact) mass is 358 g/mol. The Balaban J connectivity index is 1.84. The molecule has 0 aliphatic heterocycles. The second kappa shape index (κ2) is 9.23. The molecule has 0 saturated carbocycles. The lowest BCUT2D eigenvalue weighted by Crippen LogP contribution is -2.36. The minimum absolute atomic E-state index is 0.150. The van der Waals surface area contributed by atoms with Crippen LogP contribution in [0.3, 0.4) is 0 Å². The van der Waals surface area contributed by atoms with E-state index >= 15 is 0 Å². The van der Waals surface area contributed by atoms with Gasteiger partial charge in [-0.2, -0.15) is 0 Å². The fourth-order valence-corrected chi connectivity index (χ4v) is 2.72. The minimum Gasteiger partial charge on any atom is -0.355 e. The van der Waals surface area contributed by atoms with Crippen LogP contribution in [0, 0.1) is 6.92 Å². The Kier molecular flexibility index (Phi) is 7.02. The number of nitrogens with zero attached hydrogens (tertiary/aromatic N) is 1. The van der Waals surface area contributed by atoms with Gasteiger partial charge < -0.3 is 10.2 Å². The summed E-state index contributed by atoms with van der Waals surface area (Å²) in [5, 5.41) is 3.49. The molecule has 0 aromatic heterocycles. The number of hydrogen-bond acceptors (Lipinski definition) is 2. The lowest BCUT2D eigenvalue weighted by Gasteiger charge is -2.21. The third-order valence-corrected chi connectivity index (χ3v) is 4.14. The van der Waals surface area contributed by atoms with Crippen molar-refractivity contribution >= 4 is 29.1 Å². The van der Waals surface area contributed by atoms with Crippen molar-refractivity contribution in [1.29, 1.82) is 0 Å². The number of benzene rings is 2. The largest absolute Gasteiger partial charge is 0.355 e. The Morgan fingerprint density at radius 3 is 2.48 bits per heavy atom. The lowest BCUT2D eigenvalue weighted by molar-refractivity contribution is -0.127. The van der Waals surface area contributed by atoms with Gasteiger partial charge in [0.05, 0.1) is 0 Å². The van der Waals surface area contributed by atoms with Gasteiger partial charge in [0.1, 0.15) is 6.42 Å². The maximum Gasteiger partial charge on any atom is 0.236 e. The van der Waals surface area contributed by atoms with E-state index in [-0.39, 0.29) is 18.2 Å². The lowest BCUT2D eigenvalue weighted by atomic mass is 10.1. The zero-order chi connectivity index (χ0) is 18.2. The number of hydrogen-bond donors (Lipinski definition) is 1. The minimum atomic E-state index is -0.259. The van der Waals surface area contributed by atoms with Gasteiger partial charge >= 0.3 is 0 Å². The van der Waals surface area contributed by atoms with Gasteiger partial charge in [-0.3, -0.25) is 9.59 Å². The molecule has 2 rings (SSSR count). The van der Waals surface area contributed by atoms with Crippen molar-refractivity contribution in [2.24, 2.45) is 0 Å². The molecule has 0 unspecified atom stereocenters. The SMILES string of the molecule is CCN(C(=O)CC(=O)NCCc1ccc(Cl)cc1)c1cccc(C)c1. The van der Waals surface area contributed by atoms with E-state index in [2.05, 4.69) is 5.32 Å². The summed E-state index contributed by atoms with van der Waals surface area (Å²) in [4.78, 5) is 26.1. The van der Waals surface area contributed by atoms with Gasteiger partial charge in [-0.25, -0.2) is 0 Å². The molecule has 0 fully saturated rings. The Labute approximate surface area is 153 Å². The molecule has 2 aromatic carbocycles. The molecule has 4 nitrogen and oxygen atoms in total. The number of nitrogens with one attached hydrogen (secondary N) is 1. The summed E-state index contributed by atoms with van der Waals surface area (Å²) < 4.78 is 0. The summed E-state index contributed by atoms with van der Waals surface area (Å²) in [5.74, 6) is -0.456. The molecule has 0 radical (unpaired) electrons. The van der Waals surface area contributed by atoms with E-state index in [1.165, 1.54) is 0 Å². The molecule has 132 valence electrons. The predicted octanol–water partition coefficient (Wildman–Crippen LogP) is 3.75. The van der Waals surface area contributed by atoms with Crippen LogP contribution in [0.15, 0.2) is 48.5 Å². The van der Waals surface area contributed by atoms with Gasteiger partial charge in [-0.05, 0) is 55.7 Å². The third-order valence-electron chi connectivity index (χ3n) is 3.89.